The second-order valence-corrected chi connectivity index (χ2v) is 6.85. The van der Waals surface area contributed by atoms with Crippen LogP contribution in [0.1, 0.15) is 17.5 Å². The Morgan fingerprint density at radius 3 is 2.44 bits per heavy atom. The van der Waals surface area contributed by atoms with E-state index in [0.29, 0.717) is 19.5 Å². The van der Waals surface area contributed by atoms with Crippen LogP contribution in [0.2, 0.25) is 0 Å². The van der Waals surface area contributed by atoms with Crippen LogP contribution in [0.5, 0.6) is 0 Å². The van der Waals surface area contributed by atoms with Gasteiger partial charge in [-0.15, -0.1) is 0 Å². The molecular weight excluding hydrogens is 248 g/mol. The van der Waals surface area contributed by atoms with Crippen LogP contribution in [0.4, 0.5) is 5.69 Å². The van der Waals surface area contributed by atoms with E-state index in [0.717, 1.165) is 23.4 Å². The van der Waals surface area contributed by atoms with E-state index in [1.54, 1.807) is 4.31 Å². The van der Waals surface area contributed by atoms with E-state index in [1.807, 2.05) is 26.0 Å². The molecule has 1 heterocycles. The number of rotatable bonds is 1. The molecule has 0 spiro atoms. The van der Waals surface area contributed by atoms with Gasteiger partial charge in [0.1, 0.15) is 0 Å². The average molecular weight is 268 g/mol. The van der Waals surface area contributed by atoms with Gasteiger partial charge in [0.05, 0.1) is 11.4 Å². The van der Waals surface area contributed by atoms with Crippen LogP contribution >= 0.6 is 0 Å². The SMILES string of the molecule is Cc1cc(C)cc(N2CCNCCCS2(=O)=O)c1. The van der Waals surface area contributed by atoms with Gasteiger partial charge in [0, 0.05) is 13.1 Å². The van der Waals surface area contributed by atoms with Crippen molar-refractivity contribution >= 4 is 15.7 Å². The average Bonchev–Trinajstić information content (AvgIpc) is 2.23. The fraction of sp³-hybridized carbons (Fsp3) is 0.538. The van der Waals surface area contributed by atoms with Gasteiger partial charge in [0.15, 0.2) is 0 Å². The molecule has 0 aromatic heterocycles. The first-order valence-electron chi connectivity index (χ1n) is 6.28. The Labute approximate surface area is 109 Å². The Balaban J connectivity index is 2.38. The van der Waals surface area contributed by atoms with E-state index >= 15 is 0 Å². The summed E-state index contributed by atoms with van der Waals surface area (Å²) < 4.78 is 26.1. The normalized spacial score (nSPS) is 20.2. The first-order chi connectivity index (χ1) is 8.49. The summed E-state index contributed by atoms with van der Waals surface area (Å²) in [7, 11) is -3.18. The van der Waals surface area contributed by atoms with Crippen LogP contribution in [0.25, 0.3) is 0 Å². The predicted molar refractivity (Wildman–Crippen MR) is 74.5 cm³/mol. The molecule has 2 rings (SSSR count). The van der Waals surface area contributed by atoms with Crippen LogP contribution in [-0.2, 0) is 10.0 Å². The van der Waals surface area contributed by atoms with Crippen molar-refractivity contribution in [1.82, 2.24) is 5.32 Å². The highest BCUT2D eigenvalue weighted by Gasteiger charge is 2.23. The molecule has 1 fully saturated rings. The second-order valence-electron chi connectivity index (χ2n) is 4.84. The van der Waals surface area contributed by atoms with E-state index in [4.69, 9.17) is 0 Å². The largest absolute Gasteiger partial charge is 0.315 e. The van der Waals surface area contributed by atoms with Gasteiger partial charge in [-0.3, -0.25) is 4.31 Å². The molecule has 0 atom stereocenters. The monoisotopic (exact) mass is 268 g/mol. The topological polar surface area (TPSA) is 49.4 Å². The molecular formula is C13H20N2O2S. The van der Waals surface area contributed by atoms with Gasteiger partial charge in [-0.2, -0.15) is 0 Å². The van der Waals surface area contributed by atoms with Crippen LogP contribution in [0.15, 0.2) is 18.2 Å². The highest BCUT2D eigenvalue weighted by atomic mass is 32.2. The number of benzene rings is 1. The lowest BCUT2D eigenvalue weighted by Crippen LogP contribution is -2.41. The molecule has 1 aliphatic heterocycles. The van der Waals surface area contributed by atoms with Crippen molar-refractivity contribution in [3.05, 3.63) is 29.3 Å². The van der Waals surface area contributed by atoms with Crippen molar-refractivity contribution in [2.45, 2.75) is 20.3 Å². The van der Waals surface area contributed by atoms with E-state index in [1.165, 1.54) is 0 Å². The predicted octanol–water partition coefficient (Wildman–Crippen LogP) is 1.43. The van der Waals surface area contributed by atoms with Crippen molar-refractivity contribution in [3.8, 4) is 0 Å². The molecule has 1 aromatic rings. The molecule has 5 heteroatoms. The molecule has 1 N–H and O–H groups in total. The summed E-state index contributed by atoms with van der Waals surface area (Å²) in [6, 6.07) is 5.93. The van der Waals surface area contributed by atoms with Crippen LogP contribution in [-0.4, -0.2) is 33.8 Å². The molecule has 1 saturated heterocycles. The van der Waals surface area contributed by atoms with Gasteiger partial charge in [-0.25, -0.2) is 8.42 Å². The lowest BCUT2D eigenvalue weighted by molar-refractivity contribution is 0.572. The Morgan fingerprint density at radius 1 is 1.11 bits per heavy atom. The number of anilines is 1. The standard InChI is InChI=1S/C13H20N2O2S/c1-11-8-12(2)10-13(9-11)15-6-5-14-4-3-7-18(15,16)17/h8-10,14H,3-7H2,1-2H3. The second kappa shape index (κ2) is 5.28. The highest BCUT2D eigenvalue weighted by Crippen LogP contribution is 2.22. The molecule has 0 unspecified atom stereocenters. The van der Waals surface area contributed by atoms with Gasteiger partial charge in [0.2, 0.25) is 10.0 Å². The molecule has 0 saturated carbocycles. The minimum Gasteiger partial charge on any atom is -0.315 e. The van der Waals surface area contributed by atoms with Gasteiger partial charge in [0.25, 0.3) is 0 Å². The maximum atomic E-state index is 12.3. The highest BCUT2D eigenvalue weighted by molar-refractivity contribution is 7.92. The van der Waals surface area contributed by atoms with E-state index in [9.17, 15) is 8.42 Å². The zero-order valence-electron chi connectivity index (χ0n) is 10.9. The quantitative estimate of drug-likeness (QED) is 0.838. The third kappa shape index (κ3) is 3.03. The molecule has 1 aromatic carbocycles. The number of sulfonamides is 1. The maximum Gasteiger partial charge on any atom is 0.235 e. The zero-order valence-corrected chi connectivity index (χ0v) is 11.8. The Kier molecular flexibility index (Phi) is 3.92. The Bertz CT molecular complexity index is 506. The Hall–Kier alpha value is -1.07. The summed E-state index contributed by atoms with van der Waals surface area (Å²) in [5, 5.41) is 3.25. The smallest absolute Gasteiger partial charge is 0.235 e. The van der Waals surface area contributed by atoms with Crippen molar-refractivity contribution in [3.63, 3.8) is 0 Å². The van der Waals surface area contributed by atoms with Crippen LogP contribution in [0, 0.1) is 13.8 Å². The molecule has 18 heavy (non-hydrogen) atoms. The molecule has 100 valence electrons. The zero-order chi connectivity index (χ0) is 13.2. The fourth-order valence-corrected chi connectivity index (χ4v) is 3.84. The minimum atomic E-state index is -3.18. The number of aryl methyl sites for hydroxylation is 2. The van der Waals surface area contributed by atoms with E-state index in [2.05, 4.69) is 11.4 Å². The first-order valence-corrected chi connectivity index (χ1v) is 7.89. The third-order valence-corrected chi connectivity index (χ3v) is 4.95. The van der Waals surface area contributed by atoms with E-state index < -0.39 is 10.0 Å². The summed E-state index contributed by atoms with van der Waals surface area (Å²) >= 11 is 0. The number of hydrogen-bond donors (Lipinski definition) is 1. The fourth-order valence-electron chi connectivity index (χ4n) is 2.32. The minimum absolute atomic E-state index is 0.215. The van der Waals surface area contributed by atoms with Crippen LogP contribution in [0.3, 0.4) is 0 Å². The molecule has 1 aliphatic rings. The lowest BCUT2D eigenvalue weighted by atomic mass is 10.1. The van der Waals surface area contributed by atoms with Crippen LogP contribution < -0.4 is 9.62 Å². The summed E-state index contributed by atoms with van der Waals surface area (Å²) in [5.74, 6) is 0.215. The first kappa shape index (κ1) is 13.4. The summed E-state index contributed by atoms with van der Waals surface area (Å²) in [6.45, 7) is 5.97. The third-order valence-electron chi connectivity index (χ3n) is 3.08. The molecule has 0 radical (unpaired) electrons. The van der Waals surface area contributed by atoms with Gasteiger partial charge in [-0.05, 0) is 50.1 Å². The number of hydrogen-bond acceptors (Lipinski definition) is 3. The molecule has 0 aliphatic carbocycles. The molecule has 0 amide bonds. The summed E-state index contributed by atoms with van der Waals surface area (Å²) in [6.07, 6.45) is 0.670. The van der Waals surface area contributed by atoms with Crippen molar-refractivity contribution in [1.29, 1.82) is 0 Å². The Morgan fingerprint density at radius 2 is 1.78 bits per heavy atom. The van der Waals surface area contributed by atoms with Gasteiger partial charge < -0.3 is 5.32 Å². The lowest BCUT2D eigenvalue weighted by Gasteiger charge is -2.27. The van der Waals surface area contributed by atoms with Crippen molar-refractivity contribution < 1.29 is 8.42 Å². The summed E-state index contributed by atoms with van der Waals surface area (Å²) in [5.41, 5.74) is 2.97. The van der Waals surface area contributed by atoms with Gasteiger partial charge in [-0.1, -0.05) is 6.07 Å². The van der Waals surface area contributed by atoms with Crippen molar-refractivity contribution in [2.24, 2.45) is 0 Å². The maximum absolute atomic E-state index is 12.3. The number of nitrogens with zero attached hydrogens (tertiary/aromatic N) is 1. The van der Waals surface area contributed by atoms with Gasteiger partial charge >= 0.3 is 0 Å². The number of nitrogens with one attached hydrogen (secondary N) is 1. The molecule has 4 nitrogen and oxygen atoms in total. The summed E-state index contributed by atoms with van der Waals surface area (Å²) in [4.78, 5) is 0. The molecule has 0 bridgehead atoms. The van der Waals surface area contributed by atoms with Crippen molar-refractivity contribution in [2.75, 3.05) is 29.7 Å². The van der Waals surface area contributed by atoms with E-state index in [-0.39, 0.29) is 5.75 Å².